The molecule has 24 heavy (non-hydrogen) atoms. The first-order valence-electron chi connectivity index (χ1n) is 7.73. The number of hydrogen-bond acceptors (Lipinski definition) is 2. The number of ether oxygens (including phenoxy) is 1. The first-order valence-corrected chi connectivity index (χ1v) is 7.73. The smallest absolute Gasteiger partial charge is 0.416 e. The van der Waals surface area contributed by atoms with E-state index in [9.17, 15) is 18.0 Å². The minimum Gasteiger partial charge on any atom is -0.490 e. The fourth-order valence-electron chi connectivity index (χ4n) is 2.52. The van der Waals surface area contributed by atoms with E-state index in [0.29, 0.717) is 18.7 Å². The zero-order valence-corrected chi connectivity index (χ0v) is 13.4. The van der Waals surface area contributed by atoms with Gasteiger partial charge in [0.1, 0.15) is 11.9 Å². The third-order valence-electron chi connectivity index (χ3n) is 3.91. The Bertz CT molecular complexity index is 593. The third-order valence-corrected chi connectivity index (χ3v) is 3.91. The first-order chi connectivity index (χ1) is 11.4. The van der Waals surface area contributed by atoms with Crippen molar-refractivity contribution in [3.63, 3.8) is 0 Å². The standard InChI is InChI=1S/C18H20F3NO2/c1-22(13-23)12-11-17(14-5-3-2-4-6-14)24-16-9-7-15(8-10-16)18(19,20)21/h2-5,7-10,13-14,17H,6,11-12H2,1H3. The van der Waals surface area contributed by atoms with Gasteiger partial charge in [-0.3, -0.25) is 4.79 Å². The molecule has 6 heteroatoms. The summed E-state index contributed by atoms with van der Waals surface area (Å²) in [5, 5.41) is 0. The molecule has 3 nitrogen and oxygen atoms in total. The Labute approximate surface area is 139 Å². The van der Waals surface area contributed by atoms with E-state index in [1.807, 2.05) is 24.3 Å². The largest absolute Gasteiger partial charge is 0.490 e. The Morgan fingerprint density at radius 2 is 2.00 bits per heavy atom. The van der Waals surface area contributed by atoms with Gasteiger partial charge in [0.15, 0.2) is 0 Å². The Hall–Kier alpha value is -2.24. The number of hydrogen-bond donors (Lipinski definition) is 0. The van der Waals surface area contributed by atoms with E-state index < -0.39 is 11.7 Å². The molecular formula is C18H20F3NO2. The topological polar surface area (TPSA) is 29.5 Å². The normalized spacial score (nSPS) is 18.2. The summed E-state index contributed by atoms with van der Waals surface area (Å²) in [7, 11) is 1.68. The van der Waals surface area contributed by atoms with Gasteiger partial charge in [-0.15, -0.1) is 0 Å². The molecule has 0 saturated heterocycles. The molecule has 0 radical (unpaired) electrons. The average molecular weight is 339 g/mol. The van der Waals surface area contributed by atoms with Crippen LogP contribution in [-0.4, -0.2) is 31.0 Å². The fraction of sp³-hybridized carbons (Fsp3) is 0.389. The lowest BCUT2D eigenvalue weighted by molar-refractivity contribution is -0.137. The second-order valence-electron chi connectivity index (χ2n) is 5.77. The van der Waals surface area contributed by atoms with Crippen LogP contribution in [0.1, 0.15) is 18.4 Å². The van der Waals surface area contributed by atoms with Crippen molar-refractivity contribution in [1.29, 1.82) is 0 Å². The van der Waals surface area contributed by atoms with E-state index in [-0.39, 0.29) is 12.0 Å². The van der Waals surface area contributed by atoms with Gasteiger partial charge >= 0.3 is 6.18 Å². The monoisotopic (exact) mass is 339 g/mol. The van der Waals surface area contributed by atoms with E-state index in [1.165, 1.54) is 17.0 Å². The molecule has 2 atom stereocenters. The van der Waals surface area contributed by atoms with Gasteiger partial charge in [-0.1, -0.05) is 24.3 Å². The predicted octanol–water partition coefficient (Wildman–Crippen LogP) is 4.06. The lowest BCUT2D eigenvalue weighted by Gasteiger charge is -2.27. The molecular weight excluding hydrogens is 319 g/mol. The third kappa shape index (κ3) is 5.15. The van der Waals surface area contributed by atoms with Crippen LogP contribution in [0.2, 0.25) is 0 Å². The highest BCUT2D eigenvalue weighted by molar-refractivity contribution is 5.46. The molecule has 1 aliphatic rings. The minimum atomic E-state index is -4.36. The molecule has 0 spiro atoms. The van der Waals surface area contributed by atoms with Crippen molar-refractivity contribution in [3.05, 3.63) is 54.1 Å². The van der Waals surface area contributed by atoms with Crippen LogP contribution >= 0.6 is 0 Å². The summed E-state index contributed by atoms with van der Waals surface area (Å²) in [6, 6.07) is 4.70. The zero-order chi connectivity index (χ0) is 17.6. The van der Waals surface area contributed by atoms with Crippen LogP contribution in [0.3, 0.4) is 0 Å². The molecule has 1 aromatic carbocycles. The van der Waals surface area contributed by atoms with Gasteiger partial charge in [0.2, 0.25) is 6.41 Å². The highest BCUT2D eigenvalue weighted by Gasteiger charge is 2.30. The van der Waals surface area contributed by atoms with Crippen LogP contribution in [0.5, 0.6) is 5.75 Å². The van der Waals surface area contributed by atoms with Crippen molar-refractivity contribution < 1.29 is 22.7 Å². The van der Waals surface area contributed by atoms with Crippen molar-refractivity contribution in [2.24, 2.45) is 5.92 Å². The number of benzene rings is 1. The van der Waals surface area contributed by atoms with Crippen molar-refractivity contribution in [3.8, 4) is 5.75 Å². The summed E-state index contributed by atoms with van der Waals surface area (Å²) in [4.78, 5) is 12.3. The molecule has 0 saturated carbocycles. The molecule has 0 heterocycles. The van der Waals surface area contributed by atoms with Crippen LogP contribution < -0.4 is 4.74 Å². The molecule has 1 aromatic rings. The van der Waals surface area contributed by atoms with Crippen LogP contribution in [0.4, 0.5) is 13.2 Å². The number of nitrogens with zero attached hydrogens (tertiary/aromatic N) is 1. The maximum Gasteiger partial charge on any atom is 0.416 e. The van der Waals surface area contributed by atoms with Gasteiger partial charge < -0.3 is 9.64 Å². The van der Waals surface area contributed by atoms with E-state index in [2.05, 4.69) is 0 Å². The molecule has 0 N–H and O–H groups in total. The Balaban J connectivity index is 2.07. The van der Waals surface area contributed by atoms with Crippen molar-refractivity contribution >= 4 is 6.41 Å². The first kappa shape index (κ1) is 18.1. The van der Waals surface area contributed by atoms with Crippen molar-refractivity contribution in [2.45, 2.75) is 25.1 Å². The SMILES string of the molecule is CN(C=O)CCC(Oc1ccc(C(F)(F)F)cc1)C1C=CC=CC1. The van der Waals surface area contributed by atoms with Gasteiger partial charge in [0.05, 0.1) is 5.56 Å². The number of allylic oxidation sites excluding steroid dienone is 3. The van der Waals surface area contributed by atoms with Crippen molar-refractivity contribution in [1.82, 2.24) is 4.90 Å². The summed E-state index contributed by atoms with van der Waals surface area (Å²) >= 11 is 0. The zero-order valence-electron chi connectivity index (χ0n) is 13.4. The Kier molecular flexibility index (Phi) is 6.06. The van der Waals surface area contributed by atoms with Crippen LogP contribution in [-0.2, 0) is 11.0 Å². The molecule has 2 rings (SSSR count). The Morgan fingerprint density at radius 3 is 2.54 bits per heavy atom. The number of carbonyl (C=O) groups excluding carboxylic acids is 1. The van der Waals surface area contributed by atoms with Crippen LogP contribution in [0, 0.1) is 5.92 Å². The quantitative estimate of drug-likeness (QED) is 0.701. The van der Waals surface area contributed by atoms with E-state index in [4.69, 9.17) is 4.74 Å². The van der Waals surface area contributed by atoms with Gasteiger partial charge in [-0.25, -0.2) is 0 Å². The summed E-state index contributed by atoms with van der Waals surface area (Å²) in [6.45, 7) is 0.517. The summed E-state index contributed by atoms with van der Waals surface area (Å²) < 4.78 is 43.8. The lowest BCUT2D eigenvalue weighted by atomic mass is 9.92. The molecule has 2 unspecified atom stereocenters. The molecule has 0 fully saturated rings. The number of amides is 1. The maximum absolute atomic E-state index is 12.6. The average Bonchev–Trinajstić information content (AvgIpc) is 2.58. The summed E-state index contributed by atoms with van der Waals surface area (Å²) in [5.41, 5.74) is -0.701. The van der Waals surface area contributed by atoms with Gasteiger partial charge in [0, 0.05) is 25.9 Å². The second-order valence-corrected chi connectivity index (χ2v) is 5.77. The second kappa shape index (κ2) is 8.04. The van der Waals surface area contributed by atoms with Crippen molar-refractivity contribution in [2.75, 3.05) is 13.6 Å². The highest BCUT2D eigenvalue weighted by atomic mass is 19.4. The van der Waals surface area contributed by atoms with Gasteiger partial charge in [0.25, 0.3) is 0 Å². The summed E-state index contributed by atoms with van der Waals surface area (Å²) in [6.07, 6.45) is 5.49. The fourth-order valence-corrected chi connectivity index (χ4v) is 2.52. The number of alkyl halides is 3. The maximum atomic E-state index is 12.6. The molecule has 0 aliphatic heterocycles. The molecule has 130 valence electrons. The highest BCUT2D eigenvalue weighted by Crippen LogP contribution is 2.31. The number of carbonyl (C=O) groups is 1. The Morgan fingerprint density at radius 1 is 1.29 bits per heavy atom. The van der Waals surface area contributed by atoms with E-state index in [0.717, 1.165) is 25.0 Å². The van der Waals surface area contributed by atoms with E-state index >= 15 is 0 Å². The molecule has 0 bridgehead atoms. The molecule has 1 amide bonds. The molecule has 0 aromatic heterocycles. The van der Waals surface area contributed by atoms with Gasteiger partial charge in [-0.2, -0.15) is 13.2 Å². The van der Waals surface area contributed by atoms with E-state index in [1.54, 1.807) is 7.05 Å². The summed E-state index contributed by atoms with van der Waals surface area (Å²) in [5.74, 6) is 0.516. The van der Waals surface area contributed by atoms with Gasteiger partial charge in [-0.05, 0) is 30.7 Å². The number of rotatable bonds is 7. The van der Waals surface area contributed by atoms with Crippen LogP contribution in [0.25, 0.3) is 0 Å². The van der Waals surface area contributed by atoms with Crippen LogP contribution in [0.15, 0.2) is 48.6 Å². The minimum absolute atomic E-state index is 0.123. The lowest BCUT2D eigenvalue weighted by Crippen LogP contribution is -2.31. The predicted molar refractivity (Wildman–Crippen MR) is 85.6 cm³/mol. The number of halogens is 3. The molecule has 1 aliphatic carbocycles.